The van der Waals surface area contributed by atoms with Crippen LogP contribution in [0.5, 0.6) is 0 Å². The number of nitrogens with one attached hydrogen (secondary N) is 2. The molecule has 7 heteroatoms. The molecule has 0 spiro atoms. The topological polar surface area (TPSA) is 84.7 Å². The van der Waals surface area contributed by atoms with Crippen LogP contribution in [0.25, 0.3) is 5.65 Å². The second-order valence-corrected chi connectivity index (χ2v) is 6.32. The maximum absolute atomic E-state index is 12.5. The fraction of sp³-hybridized carbons (Fsp3) is 0.0455. The van der Waals surface area contributed by atoms with Gasteiger partial charge in [0.2, 0.25) is 0 Å². The van der Waals surface area contributed by atoms with Crippen LogP contribution in [-0.4, -0.2) is 28.4 Å². The van der Waals surface area contributed by atoms with Crippen molar-refractivity contribution in [3.63, 3.8) is 0 Å². The lowest BCUT2D eigenvalue weighted by molar-refractivity contribution is 0.103. The van der Waals surface area contributed by atoms with Gasteiger partial charge in [0.15, 0.2) is 11.6 Å². The van der Waals surface area contributed by atoms with Gasteiger partial charge in [-0.3, -0.25) is 10.1 Å². The van der Waals surface area contributed by atoms with E-state index in [-0.39, 0.29) is 5.78 Å². The Labute approximate surface area is 167 Å². The van der Waals surface area contributed by atoms with Crippen molar-refractivity contribution in [3.05, 3.63) is 90.3 Å². The molecule has 0 unspecified atom stereocenters. The Morgan fingerprint density at radius 2 is 1.55 bits per heavy atom. The molecule has 0 aliphatic heterocycles. The van der Waals surface area contributed by atoms with E-state index in [2.05, 4.69) is 20.4 Å². The molecule has 0 fully saturated rings. The van der Waals surface area contributed by atoms with Crippen molar-refractivity contribution in [2.24, 2.45) is 0 Å². The highest BCUT2D eigenvalue weighted by molar-refractivity contribution is 6.09. The number of carbonyl (C=O) groups is 2. The van der Waals surface area contributed by atoms with Crippen LogP contribution in [0.1, 0.15) is 15.9 Å². The molecule has 144 valence electrons. The minimum absolute atomic E-state index is 0.0115. The molecule has 2 N–H and O–H groups in total. The van der Waals surface area contributed by atoms with E-state index in [9.17, 15) is 9.59 Å². The maximum atomic E-state index is 12.5. The number of fused-ring (bicyclic) bond motifs is 1. The second kappa shape index (κ2) is 7.85. The van der Waals surface area contributed by atoms with Gasteiger partial charge in [0.1, 0.15) is 5.65 Å². The molecule has 0 aliphatic carbocycles. The molecule has 0 saturated heterocycles. The molecule has 29 heavy (non-hydrogen) atoms. The van der Waals surface area contributed by atoms with Crippen molar-refractivity contribution < 1.29 is 14.3 Å². The molecule has 4 aromatic rings. The summed E-state index contributed by atoms with van der Waals surface area (Å²) in [6.07, 6.45) is 2.98. The van der Waals surface area contributed by atoms with Crippen molar-refractivity contribution in [2.75, 3.05) is 17.7 Å². The monoisotopic (exact) mass is 386 g/mol. The number of pyridine rings is 1. The first kappa shape index (κ1) is 18.2. The zero-order valence-corrected chi connectivity index (χ0v) is 15.6. The number of rotatable bonds is 5. The van der Waals surface area contributed by atoms with E-state index in [1.807, 2.05) is 48.7 Å². The minimum Gasteiger partial charge on any atom is -0.453 e. The molecule has 0 aliphatic rings. The van der Waals surface area contributed by atoms with Gasteiger partial charge in [0.05, 0.1) is 19.0 Å². The summed E-state index contributed by atoms with van der Waals surface area (Å²) in [6.45, 7) is 0. The number of aromatic nitrogens is 2. The highest BCUT2D eigenvalue weighted by Crippen LogP contribution is 2.20. The third-order valence-corrected chi connectivity index (χ3v) is 4.34. The van der Waals surface area contributed by atoms with Crippen molar-refractivity contribution in [3.8, 4) is 0 Å². The van der Waals surface area contributed by atoms with Crippen LogP contribution in [-0.2, 0) is 4.74 Å². The average Bonchev–Trinajstić information content (AvgIpc) is 3.15. The second-order valence-electron chi connectivity index (χ2n) is 6.32. The summed E-state index contributed by atoms with van der Waals surface area (Å²) in [6, 6.07) is 20.2. The molecule has 0 atom stereocenters. The van der Waals surface area contributed by atoms with E-state index < -0.39 is 6.09 Å². The van der Waals surface area contributed by atoms with Gasteiger partial charge in [0.25, 0.3) is 0 Å². The number of methoxy groups -OCH3 is 1. The lowest BCUT2D eigenvalue weighted by atomic mass is 10.0. The summed E-state index contributed by atoms with van der Waals surface area (Å²) < 4.78 is 6.36. The van der Waals surface area contributed by atoms with Gasteiger partial charge in [-0.05, 0) is 36.4 Å². The largest absolute Gasteiger partial charge is 0.453 e. The molecular formula is C22H18N4O3. The first-order valence-electron chi connectivity index (χ1n) is 8.93. The molecule has 0 bridgehead atoms. The fourth-order valence-corrected chi connectivity index (χ4v) is 2.91. The van der Waals surface area contributed by atoms with Crippen LogP contribution < -0.4 is 10.6 Å². The van der Waals surface area contributed by atoms with E-state index in [0.29, 0.717) is 22.6 Å². The van der Waals surface area contributed by atoms with Crippen LogP contribution in [0, 0.1) is 0 Å². The van der Waals surface area contributed by atoms with Crippen LogP contribution in [0.15, 0.2) is 79.1 Å². The van der Waals surface area contributed by atoms with Crippen LogP contribution in [0.3, 0.4) is 0 Å². The number of amides is 1. The van der Waals surface area contributed by atoms with E-state index in [1.54, 1.807) is 34.9 Å². The molecule has 7 nitrogen and oxygen atoms in total. The van der Waals surface area contributed by atoms with E-state index >= 15 is 0 Å². The van der Waals surface area contributed by atoms with Crippen LogP contribution in [0.4, 0.5) is 22.0 Å². The molecule has 4 rings (SSSR count). The summed E-state index contributed by atoms with van der Waals surface area (Å²) in [5, 5.41) is 5.83. The zero-order chi connectivity index (χ0) is 20.2. The highest BCUT2D eigenvalue weighted by Gasteiger charge is 2.09. The molecule has 1 amide bonds. The van der Waals surface area contributed by atoms with Crippen molar-refractivity contribution in [2.45, 2.75) is 0 Å². The lowest BCUT2D eigenvalue weighted by Crippen LogP contribution is -2.10. The molecule has 2 heterocycles. The number of ketones is 1. The number of ether oxygens (including phenoxy) is 1. The number of imidazole rings is 1. The Morgan fingerprint density at radius 3 is 2.28 bits per heavy atom. The predicted octanol–water partition coefficient (Wildman–Crippen LogP) is 4.49. The fourth-order valence-electron chi connectivity index (χ4n) is 2.91. The number of anilines is 3. The van der Waals surface area contributed by atoms with Crippen LogP contribution >= 0.6 is 0 Å². The number of benzene rings is 2. The van der Waals surface area contributed by atoms with Gasteiger partial charge >= 0.3 is 6.09 Å². The zero-order valence-electron chi connectivity index (χ0n) is 15.6. The van der Waals surface area contributed by atoms with Crippen molar-refractivity contribution >= 4 is 34.7 Å². The van der Waals surface area contributed by atoms with E-state index in [1.165, 1.54) is 7.11 Å². The Morgan fingerprint density at radius 1 is 0.862 bits per heavy atom. The van der Waals surface area contributed by atoms with Gasteiger partial charge < -0.3 is 14.5 Å². The first-order valence-corrected chi connectivity index (χ1v) is 8.93. The van der Waals surface area contributed by atoms with Gasteiger partial charge in [0, 0.05) is 23.0 Å². The molecule has 0 saturated carbocycles. The molecule has 2 aromatic heterocycles. The first-order chi connectivity index (χ1) is 14.1. The average molecular weight is 386 g/mol. The Balaban J connectivity index is 1.49. The SMILES string of the molecule is COC(=O)Nc1cn2cc(Nc3ccc(C(=O)c4ccccc4)cc3)ccc2n1. The van der Waals surface area contributed by atoms with Gasteiger partial charge in [-0.25, -0.2) is 9.78 Å². The van der Waals surface area contributed by atoms with Crippen molar-refractivity contribution in [1.82, 2.24) is 9.38 Å². The van der Waals surface area contributed by atoms with Crippen molar-refractivity contribution in [1.29, 1.82) is 0 Å². The number of hydrogen-bond acceptors (Lipinski definition) is 5. The summed E-state index contributed by atoms with van der Waals surface area (Å²) in [5.41, 5.74) is 3.66. The summed E-state index contributed by atoms with van der Waals surface area (Å²) in [4.78, 5) is 28.1. The van der Waals surface area contributed by atoms with Crippen LogP contribution in [0.2, 0.25) is 0 Å². The normalized spacial score (nSPS) is 10.5. The third-order valence-electron chi connectivity index (χ3n) is 4.34. The standard InChI is InChI=1S/C22H18N4O3/c1-29-22(28)25-19-14-26-13-18(11-12-20(26)24-19)23-17-9-7-16(8-10-17)21(27)15-5-3-2-4-6-15/h2-14,23H,1H3,(H,25,28). The quantitative estimate of drug-likeness (QED) is 0.494. The maximum Gasteiger partial charge on any atom is 0.412 e. The number of hydrogen-bond donors (Lipinski definition) is 2. The lowest BCUT2D eigenvalue weighted by Gasteiger charge is -2.08. The Hall–Kier alpha value is -4.13. The van der Waals surface area contributed by atoms with Gasteiger partial charge in [-0.1, -0.05) is 30.3 Å². The number of nitrogens with zero attached hydrogens (tertiary/aromatic N) is 2. The minimum atomic E-state index is -0.572. The van der Waals surface area contributed by atoms with Gasteiger partial charge in [-0.2, -0.15) is 0 Å². The highest BCUT2D eigenvalue weighted by atomic mass is 16.5. The Kier molecular flexibility index (Phi) is 4.94. The Bertz CT molecular complexity index is 1170. The van der Waals surface area contributed by atoms with E-state index in [0.717, 1.165) is 11.4 Å². The molecular weight excluding hydrogens is 368 g/mol. The van der Waals surface area contributed by atoms with E-state index in [4.69, 9.17) is 0 Å². The molecule has 0 radical (unpaired) electrons. The smallest absolute Gasteiger partial charge is 0.412 e. The summed E-state index contributed by atoms with van der Waals surface area (Å²) >= 11 is 0. The summed E-state index contributed by atoms with van der Waals surface area (Å²) in [7, 11) is 1.30. The number of carbonyl (C=O) groups excluding carboxylic acids is 2. The molecule has 2 aromatic carbocycles. The predicted molar refractivity (Wildman–Crippen MR) is 111 cm³/mol. The van der Waals surface area contributed by atoms with Gasteiger partial charge in [-0.15, -0.1) is 0 Å². The third kappa shape index (κ3) is 4.08. The summed E-state index contributed by atoms with van der Waals surface area (Å²) in [5.74, 6) is 0.389.